The van der Waals surface area contributed by atoms with E-state index >= 15 is 0 Å². The summed E-state index contributed by atoms with van der Waals surface area (Å²) < 4.78 is 35.5. The van der Waals surface area contributed by atoms with Gasteiger partial charge in [-0.25, -0.2) is 13.8 Å². The molecule has 0 unspecified atom stereocenters. The van der Waals surface area contributed by atoms with Crippen molar-refractivity contribution in [1.82, 2.24) is 5.43 Å². The Kier molecular flexibility index (Phi) is 7.72. The first-order valence-corrected chi connectivity index (χ1v) is 10.7. The van der Waals surface area contributed by atoms with Gasteiger partial charge in [0, 0.05) is 11.6 Å². The Labute approximate surface area is 179 Å². The van der Waals surface area contributed by atoms with Gasteiger partial charge in [0.25, 0.3) is 5.91 Å². The van der Waals surface area contributed by atoms with Crippen LogP contribution in [0.5, 0.6) is 11.5 Å². The van der Waals surface area contributed by atoms with Crippen molar-refractivity contribution in [2.75, 3.05) is 31.3 Å². The fraction of sp³-hybridized carbons (Fsp3) is 0.222. The van der Waals surface area contributed by atoms with Crippen molar-refractivity contribution in [3.63, 3.8) is 0 Å². The number of rotatable bonds is 8. The fourth-order valence-electron chi connectivity index (χ4n) is 2.30. The van der Waals surface area contributed by atoms with Crippen molar-refractivity contribution < 1.29 is 22.7 Å². The van der Waals surface area contributed by atoms with Crippen LogP contribution in [0, 0.1) is 0 Å². The number of nitrogens with one attached hydrogen (secondary N) is 1. The van der Waals surface area contributed by atoms with Crippen molar-refractivity contribution in [3.05, 3.63) is 52.0 Å². The molecule has 1 N–H and O–H groups in total. The predicted molar refractivity (Wildman–Crippen MR) is 114 cm³/mol. The minimum absolute atomic E-state index is 0.169. The molecule has 0 aliphatic carbocycles. The third-order valence-electron chi connectivity index (χ3n) is 3.71. The van der Waals surface area contributed by atoms with E-state index in [2.05, 4.69) is 10.5 Å². The van der Waals surface area contributed by atoms with E-state index in [1.165, 1.54) is 38.6 Å². The summed E-state index contributed by atoms with van der Waals surface area (Å²) in [5, 5.41) is 4.29. The number of hydrazone groups is 1. The van der Waals surface area contributed by atoms with E-state index in [4.69, 9.17) is 32.7 Å². The number of carbonyl (C=O) groups is 1. The van der Waals surface area contributed by atoms with Crippen LogP contribution < -0.4 is 19.2 Å². The number of hydrogen-bond acceptors (Lipinski definition) is 6. The molecule has 0 saturated carbocycles. The highest BCUT2D eigenvalue weighted by Gasteiger charge is 2.21. The molecule has 11 heteroatoms. The van der Waals surface area contributed by atoms with E-state index in [9.17, 15) is 13.2 Å². The smallest absolute Gasteiger partial charge is 0.260 e. The van der Waals surface area contributed by atoms with Gasteiger partial charge in [0.15, 0.2) is 0 Å². The minimum Gasteiger partial charge on any atom is -0.497 e. The van der Waals surface area contributed by atoms with Crippen LogP contribution in [0.1, 0.15) is 5.56 Å². The molecule has 2 aromatic carbocycles. The van der Waals surface area contributed by atoms with Gasteiger partial charge in [0.05, 0.1) is 42.4 Å². The number of sulfonamides is 1. The summed E-state index contributed by atoms with van der Waals surface area (Å²) in [5.41, 5.74) is 3.09. The molecule has 29 heavy (non-hydrogen) atoms. The molecule has 0 aliphatic heterocycles. The highest BCUT2D eigenvalue weighted by Crippen LogP contribution is 2.28. The van der Waals surface area contributed by atoms with Gasteiger partial charge in [-0.2, -0.15) is 5.10 Å². The van der Waals surface area contributed by atoms with Crippen LogP contribution in [0.15, 0.2) is 41.5 Å². The highest BCUT2D eigenvalue weighted by molar-refractivity contribution is 7.92. The van der Waals surface area contributed by atoms with Crippen molar-refractivity contribution in [3.8, 4) is 11.5 Å². The van der Waals surface area contributed by atoms with Gasteiger partial charge in [0.2, 0.25) is 10.0 Å². The summed E-state index contributed by atoms with van der Waals surface area (Å²) in [6.07, 6.45) is 2.36. The average molecular weight is 460 g/mol. The van der Waals surface area contributed by atoms with E-state index in [1.807, 2.05) is 0 Å². The number of ether oxygens (including phenoxy) is 2. The quantitative estimate of drug-likeness (QED) is 0.483. The van der Waals surface area contributed by atoms with Crippen LogP contribution in [0.2, 0.25) is 10.0 Å². The molecule has 2 aromatic rings. The van der Waals surface area contributed by atoms with Gasteiger partial charge in [-0.3, -0.25) is 9.10 Å². The zero-order valence-corrected chi connectivity index (χ0v) is 18.2. The lowest BCUT2D eigenvalue weighted by molar-refractivity contribution is -0.119. The Morgan fingerprint density at radius 1 is 1.14 bits per heavy atom. The van der Waals surface area contributed by atoms with E-state index in [0.29, 0.717) is 17.1 Å². The molecule has 0 atom stereocenters. The Balaban J connectivity index is 2.13. The molecule has 0 bridgehead atoms. The van der Waals surface area contributed by atoms with Crippen molar-refractivity contribution in [1.29, 1.82) is 0 Å². The summed E-state index contributed by atoms with van der Waals surface area (Å²) in [6.45, 7) is -0.492. The Bertz CT molecular complexity index is 1030. The fourth-order valence-corrected chi connectivity index (χ4v) is 3.45. The first-order valence-electron chi connectivity index (χ1n) is 8.12. The second-order valence-corrected chi connectivity index (χ2v) is 8.49. The topological polar surface area (TPSA) is 97.3 Å². The van der Waals surface area contributed by atoms with Gasteiger partial charge in [-0.1, -0.05) is 23.2 Å². The molecule has 0 saturated heterocycles. The van der Waals surface area contributed by atoms with Gasteiger partial charge in [0.1, 0.15) is 18.0 Å². The molecular formula is C18H19Cl2N3O5S. The molecule has 1 amide bonds. The molecule has 0 fully saturated rings. The highest BCUT2D eigenvalue weighted by atomic mass is 35.5. The molecule has 0 spiro atoms. The summed E-state index contributed by atoms with van der Waals surface area (Å²) in [5.74, 6) is 0.453. The number of methoxy groups -OCH3 is 2. The largest absolute Gasteiger partial charge is 0.497 e. The van der Waals surface area contributed by atoms with Crippen LogP contribution in [0.3, 0.4) is 0 Å². The van der Waals surface area contributed by atoms with E-state index in [-0.39, 0.29) is 15.7 Å². The van der Waals surface area contributed by atoms with Gasteiger partial charge in [-0.05, 0) is 30.3 Å². The molecule has 0 aliphatic rings. The lowest BCUT2D eigenvalue weighted by Gasteiger charge is -2.21. The molecule has 0 heterocycles. The summed E-state index contributed by atoms with van der Waals surface area (Å²) in [6, 6.07) is 9.34. The standard InChI is InChI=1S/C18H19Cl2N3O5S/c1-27-14-6-4-12(17(9-14)28-2)10-21-22-18(24)11-23(29(3,25)26)13-5-7-15(19)16(20)8-13/h4-10H,11H2,1-3H3,(H,22,24)/b21-10-. The number of nitrogens with zero attached hydrogens (tertiary/aromatic N) is 2. The SMILES string of the molecule is COc1ccc(/C=N\NC(=O)CN(c2ccc(Cl)c(Cl)c2)S(C)(=O)=O)c(OC)c1. The maximum absolute atomic E-state index is 12.2. The van der Waals surface area contributed by atoms with Gasteiger partial charge >= 0.3 is 0 Å². The molecule has 8 nitrogen and oxygen atoms in total. The average Bonchev–Trinajstić information content (AvgIpc) is 2.67. The second kappa shape index (κ2) is 9.82. The first-order chi connectivity index (χ1) is 13.7. The number of benzene rings is 2. The zero-order chi connectivity index (χ0) is 21.6. The van der Waals surface area contributed by atoms with Crippen molar-refractivity contribution >= 4 is 51.0 Å². The Morgan fingerprint density at radius 3 is 2.45 bits per heavy atom. The third kappa shape index (κ3) is 6.25. The lowest BCUT2D eigenvalue weighted by atomic mass is 10.2. The summed E-state index contributed by atoms with van der Waals surface area (Å²) in [7, 11) is -0.729. The summed E-state index contributed by atoms with van der Waals surface area (Å²) in [4.78, 5) is 12.2. The molecule has 156 valence electrons. The van der Waals surface area contributed by atoms with Crippen LogP contribution in [-0.4, -0.2) is 47.6 Å². The van der Waals surface area contributed by atoms with Crippen LogP contribution in [-0.2, 0) is 14.8 Å². The maximum Gasteiger partial charge on any atom is 0.260 e. The van der Waals surface area contributed by atoms with E-state index in [0.717, 1.165) is 10.6 Å². The number of halogens is 2. The Hall–Kier alpha value is -2.49. The molecule has 0 radical (unpaired) electrons. The van der Waals surface area contributed by atoms with Crippen LogP contribution in [0.4, 0.5) is 5.69 Å². The summed E-state index contributed by atoms with van der Waals surface area (Å²) >= 11 is 11.8. The van der Waals surface area contributed by atoms with Crippen LogP contribution in [0.25, 0.3) is 0 Å². The van der Waals surface area contributed by atoms with E-state index < -0.39 is 22.5 Å². The number of amides is 1. The van der Waals surface area contributed by atoms with Crippen LogP contribution >= 0.6 is 23.2 Å². The number of carbonyl (C=O) groups excluding carboxylic acids is 1. The number of hydrogen-bond donors (Lipinski definition) is 1. The minimum atomic E-state index is -3.75. The van der Waals surface area contributed by atoms with Crippen molar-refractivity contribution in [2.24, 2.45) is 5.10 Å². The van der Waals surface area contributed by atoms with Crippen molar-refractivity contribution in [2.45, 2.75) is 0 Å². The predicted octanol–water partition coefficient (Wildman–Crippen LogP) is 2.93. The normalized spacial score (nSPS) is 11.3. The second-order valence-electron chi connectivity index (χ2n) is 5.77. The lowest BCUT2D eigenvalue weighted by Crippen LogP contribution is -2.39. The molecule has 2 rings (SSSR count). The first kappa shape index (κ1) is 22.8. The maximum atomic E-state index is 12.2. The Morgan fingerprint density at radius 2 is 1.86 bits per heavy atom. The van der Waals surface area contributed by atoms with E-state index in [1.54, 1.807) is 18.2 Å². The monoisotopic (exact) mass is 459 g/mol. The zero-order valence-electron chi connectivity index (χ0n) is 15.8. The molecular weight excluding hydrogens is 441 g/mol. The number of anilines is 1. The van der Waals surface area contributed by atoms with Gasteiger partial charge in [-0.15, -0.1) is 0 Å². The third-order valence-corrected chi connectivity index (χ3v) is 5.59. The molecule has 0 aromatic heterocycles. The van der Waals surface area contributed by atoms with Gasteiger partial charge < -0.3 is 9.47 Å².